The third-order valence-electron chi connectivity index (χ3n) is 7.58. The Morgan fingerprint density at radius 2 is 1.86 bits per heavy atom. The lowest BCUT2D eigenvalue weighted by atomic mass is 9.72. The van der Waals surface area contributed by atoms with E-state index in [1.807, 2.05) is 42.1 Å². The van der Waals surface area contributed by atoms with Crippen molar-refractivity contribution in [2.75, 3.05) is 38.1 Å². The number of Topliss-reactive ketones (excluding diaryl/α,β-unsaturated/α-hetero) is 1. The van der Waals surface area contributed by atoms with Gasteiger partial charge in [0.25, 0.3) is 0 Å². The molecule has 1 spiro atoms. The minimum Gasteiger partial charge on any atom is -0.355 e. The van der Waals surface area contributed by atoms with Crippen LogP contribution in [0.15, 0.2) is 55.1 Å². The molecule has 3 aromatic heterocycles. The van der Waals surface area contributed by atoms with Gasteiger partial charge in [-0.3, -0.25) is 4.79 Å². The largest absolute Gasteiger partial charge is 0.355 e. The number of anilines is 1. The number of hydrogen-bond donors (Lipinski definition) is 0. The van der Waals surface area contributed by atoms with Gasteiger partial charge in [0.05, 0.1) is 35.8 Å². The third-order valence-corrected chi connectivity index (χ3v) is 7.58. The first-order valence-corrected chi connectivity index (χ1v) is 12.1. The average Bonchev–Trinajstić information content (AvgIpc) is 3.28. The van der Waals surface area contributed by atoms with E-state index in [2.05, 4.69) is 43.1 Å². The Morgan fingerprint density at radius 1 is 1.03 bits per heavy atom. The molecule has 0 bridgehead atoms. The van der Waals surface area contributed by atoms with E-state index in [9.17, 15) is 4.79 Å². The Labute approximate surface area is 204 Å². The zero-order chi connectivity index (χ0) is 24.0. The molecule has 0 N–H and O–H groups in total. The second kappa shape index (κ2) is 8.53. The standard InChI is InChI=1S/C27H29N7O/c1-32-9-6-27(7-10-32)16-34(17-27)26-13-20(5-8-29-26)25(35)14-22-12-21-11-19(3-4-23(21)31-30-22)24-15-28-18-33(24)2/h3-5,8,11-13,15,18H,6-7,9-10,14,16-17H2,1-2H3. The summed E-state index contributed by atoms with van der Waals surface area (Å²) in [6.07, 6.45) is 8.05. The van der Waals surface area contributed by atoms with Crippen molar-refractivity contribution in [3.05, 3.63) is 66.4 Å². The number of imidazole rings is 1. The molecule has 6 rings (SSSR count). The fraction of sp³-hybridized carbons (Fsp3) is 0.370. The Balaban J connectivity index is 1.17. The van der Waals surface area contributed by atoms with Gasteiger partial charge in [0.15, 0.2) is 5.78 Å². The number of carbonyl (C=O) groups is 1. The van der Waals surface area contributed by atoms with Crippen molar-refractivity contribution in [2.24, 2.45) is 12.5 Å². The maximum atomic E-state index is 13.1. The molecule has 0 saturated carbocycles. The molecule has 0 aliphatic carbocycles. The predicted octanol–water partition coefficient (Wildman–Crippen LogP) is 3.38. The summed E-state index contributed by atoms with van der Waals surface area (Å²) in [6, 6.07) is 11.7. The topological polar surface area (TPSA) is 80.0 Å². The number of carbonyl (C=O) groups excluding carboxylic acids is 1. The van der Waals surface area contributed by atoms with Crippen LogP contribution >= 0.6 is 0 Å². The lowest BCUT2D eigenvalue weighted by Crippen LogP contribution is -2.60. The van der Waals surface area contributed by atoms with Crippen LogP contribution in [0.4, 0.5) is 5.82 Å². The van der Waals surface area contributed by atoms with E-state index < -0.39 is 0 Å². The van der Waals surface area contributed by atoms with E-state index in [4.69, 9.17) is 0 Å². The van der Waals surface area contributed by atoms with Gasteiger partial charge in [-0.1, -0.05) is 6.07 Å². The number of nitrogens with zero attached hydrogens (tertiary/aromatic N) is 7. The smallest absolute Gasteiger partial charge is 0.169 e. The molecule has 0 radical (unpaired) electrons. The average molecular weight is 468 g/mol. The molecule has 1 aromatic carbocycles. The molecule has 0 atom stereocenters. The SMILES string of the molecule is CN1CCC2(CC1)CN(c1cc(C(=O)Cc3cc4cc(-c5cncn5C)ccc4nn3)ccn1)C2. The van der Waals surface area contributed by atoms with Crippen LogP contribution in [0.2, 0.25) is 0 Å². The van der Waals surface area contributed by atoms with Crippen molar-refractivity contribution in [3.8, 4) is 11.3 Å². The minimum absolute atomic E-state index is 0.0274. The van der Waals surface area contributed by atoms with Crippen LogP contribution in [-0.2, 0) is 13.5 Å². The van der Waals surface area contributed by atoms with Crippen LogP contribution in [0.25, 0.3) is 22.2 Å². The van der Waals surface area contributed by atoms with Crippen LogP contribution in [0, 0.1) is 5.41 Å². The number of benzene rings is 1. The van der Waals surface area contributed by atoms with Crippen molar-refractivity contribution in [1.82, 2.24) is 29.6 Å². The normalized spacial score (nSPS) is 17.6. The molecule has 35 heavy (non-hydrogen) atoms. The second-order valence-electron chi connectivity index (χ2n) is 10.2. The highest BCUT2D eigenvalue weighted by Gasteiger charge is 2.44. The number of ketones is 1. The van der Waals surface area contributed by atoms with E-state index in [-0.39, 0.29) is 12.2 Å². The van der Waals surface area contributed by atoms with Gasteiger partial charge >= 0.3 is 0 Å². The highest BCUT2D eigenvalue weighted by Crippen LogP contribution is 2.41. The summed E-state index contributed by atoms with van der Waals surface area (Å²) >= 11 is 0. The maximum Gasteiger partial charge on any atom is 0.169 e. The molecule has 2 aliphatic heterocycles. The molecule has 2 saturated heterocycles. The van der Waals surface area contributed by atoms with Crippen molar-refractivity contribution in [2.45, 2.75) is 19.3 Å². The summed E-state index contributed by atoms with van der Waals surface area (Å²) in [6.45, 7) is 4.38. The number of rotatable bonds is 5. The fourth-order valence-corrected chi connectivity index (χ4v) is 5.33. The number of piperidine rings is 1. The van der Waals surface area contributed by atoms with Gasteiger partial charge in [-0.05, 0) is 63.3 Å². The van der Waals surface area contributed by atoms with E-state index in [1.165, 1.54) is 12.8 Å². The van der Waals surface area contributed by atoms with E-state index in [0.29, 0.717) is 16.7 Å². The number of aromatic nitrogens is 5. The van der Waals surface area contributed by atoms with Crippen molar-refractivity contribution in [3.63, 3.8) is 0 Å². The molecule has 8 nitrogen and oxygen atoms in total. The lowest BCUT2D eigenvalue weighted by molar-refractivity contribution is 0.0900. The molecule has 2 aliphatic rings. The third kappa shape index (κ3) is 4.18. The van der Waals surface area contributed by atoms with Crippen LogP contribution in [0.3, 0.4) is 0 Å². The Hall–Kier alpha value is -3.65. The van der Waals surface area contributed by atoms with Crippen LogP contribution < -0.4 is 4.90 Å². The van der Waals surface area contributed by atoms with Gasteiger partial charge in [-0.25, -0.2) is 9.97 Å². The zero-order valence-electron chi connectivity index (χ0n) is 20.2. The van der Waals surface area contributed by atoms with Gasteiger partial charge in [0.2, 0.25) is 0 Å². The monoisotopic (exact) mass is 467 g/mol. The molecule has 4 aromatic rings. The highest BCUT2D eigenvalue weighted by molar-refractivity contribution is 5.98. The number of pyridine rings is 1. The molecule has 8 heteroatoms. The van der Waals surface area contributed by atoms with Crippen molar-refractivity contribution < 1.29 is 4.79 Å². The van der Waals surface area contributed by atoms with Crippen LogP contribution in [-0.4, -0.2) is 68.6 Å². The number of aryl methyl sites for hydroxylation is 1. The first-order valence-electron chi connectivity index (χ1n) is 12.1. The minimum atomic E-state index is 0.0274. The molecule has 2 fully saturated rings. The molecule has 0 unspecified atom stereocenters. The molecule has 178 valence electrons. The Kier molecular flexibility index (Phi) is 5.33. The summed E-state index contributed by atoms with van der Waals surface area (Å²) < 4.78 is 1.98. The van der Waals surface area contributed by atoms with E-state index >= 15 is 0 Å². The van der Waals surface area contributed by atoms with Gasteiger partial charge in [0.1, 0.15) is 5.82 Å². The molecule has 0 amide bonds. The van der Waals surface area contributed by atoms with Gasteiger partial charge in [-0.2, -0.15) is 10.2 Å². The quantitative estimate of drug-likeness (QED) is 0.416. The van der Waals surface area contributed by atoms with Gasteiger partial charge in [-0.15, -0.1) is 0 Å². The predicted molar refractivity (Wildman–Crippen MR) is 135 cm³/mol. The summed E-state index contributed by atoms with van der Waals surface area (Å²) in [5.41, 5.74) is 4.64. The number of fused-ring (bicyclic) bond motifs is 1. The maximum absolute atomic E-state index is 13.1. The summed E-state index contributed by atoms with van der Waals surface area (Å²) in [7, 11) is 4.16. The summed E-state index contributed by atoms with van der Waals surface area (Å²) in [5.74, 6) is 0.922. The first kappa shape index (κ1) is 21.9. The molecular formula is C27H29N7O. The zero-order valence-corrected chi connectivity index (χ0v) is 20.2. The summed E-state index contributed by atoms with van der Waals surface area (Å²) in [5, 5.41) is 9.62. The number of likely N-dealkylation sites (tertiary alicyclic amines) is 1. The second-order valence-corrected chi connectivity index (χ2v) is 10.2. The van der Waals surface area contributed by atoms with Gasteiger partial charge in [0, 0.05) is 48.3 Å². The number of hydrogen-bond acceptors (Lipinski definition) is 7. The molecule has 5 heterocycles. The van der Waals surface area contributed by atoms with Crippen LogP contribution in [0.1, 0.15) is 28.9 Å². The van der Waals surface area contributed by atoms with Crippen molar-refractivity contribution in [1.29, 1.82) is 0 Å². The van der Waals surface area contributed by atoms with Crippen molar-refractivity contribution >= 4 is 22.5 Å². The molecular weight excluding hydrogens is 438 g/mol. The first-order chi connectivity index (χ1) is 17.0. The van der Waals surface area contributed by atoms with Crippen LogP contribution in [0.5, 0.6) is 0 Å². The summed E-state index contributed by atoms with van der Waals surface area (Å²) in [4.78, 5) is 26.6. The Morgan fingerprint density at radius 3 is 2.63 bits per heavy atom. The van der Waals surface area contributed by atoms with Gasteiger partial charge < -0.3 is 14.4 Å². The van der Waals surface area contributed by atoms with E-state index in [0.717, 1.165) is 54.2 Å². The highest BCUT2D eigenvalue weighted by atomic mass is 16.1. The fourth-order valence-electron chi connectivity index (χ4n) is 5.33. The van der Waals surface area contributed by atoms with E-state index in [1.54, 1.807) is 18.6 Å². The Bertz CT molecular complexity index is 1400. The lowest BCUT2D eigenvalue weighted by Gasteiger charge is -2.54.